The van der Waals surface area contributed by atoms with Crippen LogP contribution >= 0.6 is 22.9 Å². The second-order valence-electron chi connectivity index (χ2n) is 6.30. The summed E-state index contributed by atoms with van der Waals surface area (Å²) in [4.78, 5) is 12.5. The molecule has 0 unspecified atom stereocenters. The Bertz CT molecular complexity index is 836. The Labute approximate surface area is 163 Å². The molecule has 5 nitrogen and oxygen atoms in total. The zero-order chi connectivity index (χ0) is 18.6. The van der Waals surface area contributed by atoms with Crippen LogP contribution in [0.25, 0.3) is 0 Å². The van der Waals surface area contributed by atoms with E-state index in [4.69, 9.17) is 11.6 Å². The molecule has 26 heavy (non-hydrogen) atoms. The first-order valence-electron chi connectivity index (χ1n) is 8.52. The van der Waals surface area contributed by atoms with Crippen LogP contribution in [-0.4, -0.2) is 38.3 Å². The summed E-state index contributed by atoms with van der Waals surface area (Å²) in [7, 11) is -3.49. The van der Waals surface area contributed by atoms with E-state index in [-0.39, 0.29) is 18.4 Å². The highest BCUT2D eigenvalue weighted by Crippen LogP contribution is 2.26. The number of benzene rings is 1. The Morgan fingerprint density at radius 1 is 1.27 bits per heavy atom. The molecule has 1 N–H and O–H groups in total. The van der Waals surface area contributed by atoms with Crippen molar-refractivity contribution in [3.05, 3.63) is 52.4 Å². The lowest BCUT2D eigenvalue weighted by Gasteiger charge is -2.30. The van der Waals surface area contributed by atoms with Crippen molar-refractivity contribution in [2.45, 2.75) is 23.5 Å². The average Bonchev–Trinajstić information content (AvgIpc) is 3.19. The van der Waals surface area contributed by atoms with Crippen LogP contribution in [0.1, 0.15) is 18.4 Å². The standard InChI is InChI=1S/C18H21ClN2O3S2/c19-16-7-5-14(6-8-16)9-10-20-18(22)15-3-1-11-21(13-15)26(23,24)17-4-2-12-25-17/h2,4-8,12,15H,1,3,9-11,13H2,(H,20,22)/t15-/m1/s1. The number of nitrogens with zero attached hydrogens (tertiary/aromatic N) is 1. The smallest absolute Gasteiger partial charge is 0.252 e. The van der Waals surface area contributed by atoms with E-state index < -0.39 is 10.0 Å². The van der Waals surface area contributed by atoms with Gasteiger partial charge in [-0.05, 0) is 48.4 Å². The number of hydrogen-bond acceptors (Lipinski definition) is 4. The molecule has 1 aliphatic rings. The van der Waals surface area contributed by atoms with Crippen LogP contribution in [0.4, 0.5) is 0 Å². The minimum atomic E-state index is -3.49. The lowest BCUT2D eigenvalue weighted by molar-refractivity contribution is -0.126. The zero-order valence-corrected chi connectivity index (χ0v) is 16.6. The van der Waals surface area contributed by atoms with Crippen LogP contribution in [-0.2, 0) is 21.2 Å². The Hall–Kier alpha value is -1.41. The summed E-state index contributed by atoms with van der Waals surface area (Å²) in [5.74, 6) is -0.381. The number of thiophene rings is 1. The van der Waals surface area contributed by atoms with Gasteiger partial charge in [-0.2, -0.15) is 4.31 Å². The van der Waals surface area contributed by atoms with E-state index in [9.17, 15) is 13.2 Å². The minimum absolute atomic E-state index is 0.0787. The summed E-state index contributed by atoms with van der Waals surface area (Å²) in [6, 6.07) is 10.9. The predicted octanol–water partition coefficient (Wildman–Crippen LogP) is 3.16. The van der Waals surface area contributed by atoms with Crippen LogP contribution in [0.5, 0.6) is 0 Å². The molecule has 0 aliphatic carbocycles. The van der Waals surface area contributed by atoms with Crippen LogP contribution in [0.15, 0.2) is 46.0 Å². The molecular weight excluding hydrogens is 392 g/mol. The summed E-state index contributed by atoms with van der Waals surface area (Å²) in [6.07, 6.45) is 2.12. The largest absolute Gasteiger partial charge is 0.355 e. The molecule has 1 fully saturated rings. The predicted molar refractivity (Wildman–Crippen MR) is 104 cm³/mol. The molecule has 2 heterocycles. The average molecular weight is 413 g/mol. The van der Waals surface area contributed by atoms with E-state index in [2.05, 4.69) is 5.32 Å². The molecule has 1 aromatic carbocycles. The van der Waals surface area contributed by atoms with Crippen LogP contribution in [0.2, 0.25) is 5.02 Å². The molecule has 2 aromatic rings. The van der Waals surface area contributed by atoms with Gasteiger partial charge in [0.1, 0.15) is 4.21 Å². The summed E-state index contributed by atoms with van der Waals surface area (Å²) >= 11 is 7.07. The van der Waals surface area contributed by atoms with Gasteiger partial charge in [0, 0.05) is 24.7 Å². The van der Waals surface area contributed by atoms with Crippen molar-refractivity contribution >= 4 is 38.9 Å². The number of carbonyl (C=O) groups excluding carboxylic acids is 1. The molecule has 0 spiro atoms. The Morgan fingerprint density at radius 2 is 2.04 bits per heavy atom. The lowest BCUT2D eigenvalue weighted by Crippen LogP contribution is -2.45. The maximum atomic E-state index is 12.6. The third-order valence-corrected chi connectivity index (χ3v) is 7.96. The van der Waals surface area contributed by atoms with Gasteiger partial charge < -0.3 is 5.32 Å². The Morgan fingerprint density at radius 3 is 2.73 bits per heavy atom. The molecular formula is C18H21ClN2O3S2. The molecule has 0 bridgehead atoms. The Kier molecular flexibility index (Phi) is 6.34. The fourth-order valence-electron chi connectivity index (χ4n) is 3.04. The fraction of sp³-hybridized carbons (Fsp3) is 0.389. The lowest BCUT2D eigenvalue weighted by atomic mass is 9.99. The summed E-state index contributed by atoms with van der Waals surface area (Å²) < 4.78 is 27.0. The number of halogens is 1. The van der Waals surface area contributed by atoms with Gasteiger partial charge in [0.25, 0.3) is 10.0 Å². The number of amides is 1. The summed E-state index contributed by atoms with van der Waals surface area (Å²) in [5, 5.41) is 5.37. The molecule has 0 radical (unpaired) electrons. The topological polar surface area (TPSA) is 66.5 Å². The third-order valence-electron chi connectivity index (χ3n) is 4.47. The number of hydrogen-bond donors (Lipinski definition) is 1. The van der Waals surface area contributed by atoms with Gasteiger partial charge in [-0.3, -0.25) is 4.79 Å². The number of rotatable bonds is 6. The van der Waals surface area contributed by atoms with Gasteiger partial charge in [0.15, 0.2) is 0 Å². The Balaban J connectivity index is 1.54. The summed E-state index contributed by atoms with van der Waals surface area (Å²) in [5.41, 5.74) is 1.10. The zero-order valence-electron chi connectivity index (χ0n) is 14.2. The maximum absolute atomic E-state index is 12.6. The number of carbonyl (C=O) groups is 1. The molecule has 8 heteroatoms. The van der Waals surface area contributed by atoms with Gasteiger partial charge in [0.2, 0.25) is 5.91 Å². The minimum Gasteiger partial charge on any atom is -0.355 e. The van der Waals surface area contributed by atoms with Crippen LogP contribution in [0, 0.1) is 5.92 Å². The molecule has 3 rings (SSSR count). The second kappa shape index (κ2) is 8.52. The first-order chi connectivity index (χ1) is 12.5. The van der Waals surface area contributed by atoms with Crippen molar-refractivity contribution in [2.75, 3.05) is 19.6 Å². The highest BCUT2D eigenvalue weighted by atomic mass is 35.5. The van der Waals surface area contributed by atoms with E-state index in [1.165, 1.54) is 15.6 Å². The number of sulfonamides is 1. The van der Waals surface area contributed by atoms with Gasteiger partial charge >= 0.3 is 0 Å². The molecule has 1 amide bonds. The second-order valence-corrected chi connectivity index (χ2v) is 9.85. The maximum Gasteiger partial charge on any atom is 0.252 e. The number of piperidine rings is 1. The first kappa shape index (κ1) is 19.4. The highest BCUT2D eigenvalue weighted by molar-refractivity contribution is 7.91. The normalized spacial score (nSPS) is 18.6. The van der Waals surface area contributed by atoms with Crippen molar-refractivity contribution in [3.8, 4) is 0 Å². The van der Waals surface area contributed by atoms with Crippen molar-refractivity contribution in [3.63, 3.8) is 0 Å². The van der Waals surface area contributed by atoms with Crippen molar-refractivity contribution < 1.29 is 13.2 Å². The molecule has 1 aliphatic heterocycles. The van der Waals surface area contributed by atoms with Crippen molar-refractivity contribution in [1.29, 1.82) is 0 Å². The summed E-state index contributed by atoms with van der Waals surface area (Å²) in [6.45, 7) is 1.23. The van der Waals surface area contributed by atoms with E-state index >= 15 is 0 Å². The molecule has 0 saturated carbocycles. The number of nitrogens with one attached hydrogen (secondary N) is 1. The highest BCUT2D eigenvalue weighted by Gasteiger charge is 2.33. The molecule has 140 valence electrons. The molecule has 1 saturated heterocycles. The SMILES string of the molecule is O=C(NCCc1ccc(Cl)cc1)[C@@H]1CCCN(S(=O)(=O)c2cccs2)C1. The quantitative estimate of drug-likeness (QED) is 0.792. The van der Waals surface area contributed by atoms with Gasteiger partial charge in [0.05, 0.1) is 5.92 Å². The van der Waals surface area contributed by atoms with Crippen LogP contribution < -0.4 is 5.32 Å². The fourth-order valence-corrected chi connectivity index (χ4v) is 5.83. The van der Waals surface area contributed by atoms with Gasteiger partial charge in [-0.15, -0.1) is 11.3 Å². The molecule has 1 aromatic heterocycles. The first-order valence-corrected chi connectivity index (χ1v) is 11.2. The van der Waals surface area contributed by atoms with Crippen molar-refractivity contribution in [2.24, 2.45) is 5.92 Å². The van der Waals surface area contributed by atoms with E-state index in [0.717, 1.165) is 5.56 Å². The van der Waals surface area contributed by atoms with Crippen LogP contribution in [0.3, 0.4) is 0 Å². The van der Waals surface area contributed by atoms with E-state index in [0.29, 0.717) is 41.6 Å². The van der Waals surface area contributed by atoms with E-state index in [1.807, 2.05) is 24.3 Å². The van der Waals surface area contributed by atoms with Gasteiger partial charge in [-0.1, -0.05) is 29.8 Å². The monoisotopic (exact) mass is 412 g/mol. The third kappa shape index (κ3) is 4.65. The van der Waals surface area contributed by atoms with Crippen molar-refractivity contribution in [1.82, 2.24) is 9.62 Å². The van der Waals surface area contributed by atoms with Gasteiger partial charge in [-0.25, -0.2) is 8.42 Å². The molecule has 1 atom stereocenters. The van der Waals surface area contributed by atoms with E-state index in [1.54, 1.807) is 17.5 Å².